The van der Waals surface area contributed by atoms with Crippen molar-refractivity contribution in [3.8, 4) is 23.5 Å². The molecule has 0 N–H and O–H groups in total. The molecule has 112 valence electrons. The summed E-state index contributed by atoms with van der Waals surface area (Å²) < 4.78 is 0. The van der Waals surface area contributed by atoms with Gasteiger partial charge in [-0.05, 0) is 47.5 Å². The molecule has 0 spiro atoms. The van der Waals surface area contributed by atoms with Gasteiger partial charge in [0.05, 0.1) is 0 Å². The largest absolute Gasteiger partial charge is 0.299 e. The molecule has 0 radical (unpaired) electrons. The second kappa shape index (κ2) is 7.24. The lowest BCUT2D eigenvalue weighted by Gasteiger charge is -2.08. The molecule has 1 aromatic heterocycles. The van der Waals surface area contributed by atoms with Crippen molar-refractivity contribution in [2.45, 2.75) is 32.6 Å². The highest BCUT2D eigenvalue weighted by molar-refractivity contribution is 7.10. The molecular formula is C20H20OS. The van der Waals surface area contributed by atoms with Gasteiger partial charge in [0.25, 0.3) is 0 Å². The summed E-state index contributed by atoms with van der Waals surface area (Å²) in [6.07, 6.45) is 6.50. The van der Waals surface area contributed by atoms with Crippen LogP contribution in [0, 0.1) is 12.3 Å². The van der Waals surface area contributed by atoms with Crippen LogP contribution >= 0.6 is 11.3 Å². The quantitative estimate of drug-likeness (QED) is 0.514. The van der Waals surface area contributed by atoms with Gasteiger partial charge in [0.1, 0.15) is 5.78 Å². The lowest BCUT2D eigenvalue weighted by molar-refractivity contribution is -0.118. The number of thiophene rings is 1. The average Bonchev–Trinajstić information content (AvgIpc) is 2.96. The van der Waals surface area contributed by atoms with E-state index in [2.05, 4.69) is 36.9 Å². The monoisotopic (exact) mass is 308 g/mol. The second-order valence-electron chi connectivity index (χ2n) is 5.74. The highest BCUT2D eigenvalue weighted by Gasteiger charge is 2.14. The Morgan fingerprint density at radius 2 is 2.14 bits per heavy atom. The maximum atomic E-state index is 11.9. The summed E-state index contributed by atoms with van der Waals surface area (Å²) in [4.78, 5) is 13.2. The van der Waals surface area contributed by atoms with Crippen LogP contribution in [-0.4, -0.2) is 5.78 Å². The first-order valence-electron chi connectivity index (χ1n) is 7.31. The smallest absolute Gasteiger partial charge is 0.137 e. The number of hydrogen-bond donors (Lipinski definition) is 0. The summed E-state index contributed by atoms with van der Waals surface area (Å²) in [5, 5.41) is 2.13. The Morgan fingerprint density at radius 1 is 1.36 bits per heavy atom. The van der Waals surface area contributed by atoms with E-state index in [0.717, 1.165) is 22.3 Å². The fourth-order valence-electron chi connectivity index (χ4n) is 2.40. The lowest BCUT2D eigenvalue weighted by atomic mass is 9.98. The van der Waals surface area contributed by atoms with E-state index in [1.165, 1.54) is 4.88 Å². The number of hydrogen-bond acceptors (Lipinski definition) is 2. The van der Waals surface area contributed by atoms with Crippen LogP contribution < -0.4 is 0 Å². The third-order valence-corrected chi connectivity index (χ3v) is 4.66. The molecule has 0 fully saturated rings. The molecule has 2 aromatic rings. The Morgan fingerprint density at radius 3 is 2.82 bits per heavy atom. The Balaban J connectivity index is 2.12. The third kappa shape index (κ3) is 4.19. The molecule has 2 heteroatoms. The molecule has 0 bridgehead atoms. The van der Waals surface area contributed by atoms with Gasteiger partial charge in [0.2, 0.25) is 0 Å². The van der Waals surface area contributed by atoms with Crippen LogP contribution in [0.25, 0.3) is 11.1 Å². The van der Waals surface area contributed by atoms with Crippen molar-refractivity contribution in [1.29, 1.82) is 0 Å². The van der Waals surface area contributed by atoms with Crippen LogP contribution in [0.15, 0.2) is 47.9 Å². The molecule has 2 rings (SSSR count). The van der Waals surface area contributed by atoms with Gasteiger partial charge in [0.15, 0.2) is 0 Å². The van der Waals surface area contributed by atoms with E-state index in [1.54, 1.807) is 11.3 Å². The molecule has 22 heavy (non-hydrogen) atoms. The van der Waals surface area contributed by atoms with Crippen LogP contribution in [0.1, 0.15) is 43.0 Å². The summed E-state index contributed by atoms with van der Waals surface area (Å²) in [5.41, 5.74) is 4.10. The number of allylic oxidation sites excluding steroid dienone is 1. The van der Waals surface area contributed by atoms with Crippen molar-refractivity contribution in [3.63, 3.8) is 0 Å². The number of benzene rings is 1. The van der Waals surface area contributed by atoms with Gasteiger partial charge in [-0.25, -0.2) is 0 Å². The molecule has 1 atom stereocenters. The Hall–Kier alpha value is -2.11. The van der Waals surface area contributed by atoms with Gasteiger partial charge >= 0.3 is 0 Å². The average molecular weight is 308 g/mol. The molecule has 1 aromatic carbocycles. The van der Waals surface area contributed by atoms with Crippen molar-refractivity contribution >= 4 is 17.1 Å². The summed E-state index contributed by atoms with van der Waals surface area (Å²) in [7, 11) is 0. The Labute approximate surface area is 136 Å². The lowest BCUT2D eigenvalue weighted by Crippen LogP contribution is -2.03. The van der Waals surface area contributed by atoms with Gasteiger partial charge in [-0.1, -0.05) is 37.1 Å². The highest BCUT2D eigenvalue weighted by Crippen LogP contribution is 2.32. The minimum Gasteiger partial charge on any atom is -0.299 e. The second-order valence-corrected chi connectivity index (χ2v) is 6.68. The van der Waals surface area contributed by atoms with Gasteiger partial charge < -0.3 is 0 Å². The van der Waals surface area contributed by atoms with E-state index >= 15 is 0 Å². The minimum atomic E-state index is 0.237. The van der Waals surface area contributed by atoms with E-state index in [-0.39, 0.29) is 11.7 Å². The number of ketones is 1. The van der Waals surface area contributed by atoms with Crippen LogP contribution in [0.4, 0.5) is 0 Å². The van der Waals surface area contributed by atoms with E-state index in [9.17, 15) is 4.79 Å². The molecule has 0 aliphatic rings. The number of carbonyl (C=O) groups is 1. The standard InChI is InChI=1S/C20H20OS/c1-5-16-7-6-8-17(11-16)18-12-20(22-13-18)15(4)10-19(21)9-14(2)3/h1,6-8,11-13,15H,2,9-10H2,3-4H3/t15-/m1/s1. The zero-order valence-electron chi connectivity index (χ0n) is 13.1. The van der Waals surface area contributed by atoms with Gasteiger partial charge in [-0.2, -0.15) is 0 Å². The molecular weight excluding hydrogens is 288 g/mol. The molecule has 0 saturated carbocycles. The summed E-state index contributed by atoms with van der Waals surface area (Å²) >= 11 is 1.70. The summed E-state index contributed by atoms with van der Waals surface area (Å²) in [5.74, 6) is 3.15. The van der Waals surface area contributed by atoms with Gasteiger partial charge in [-0.15, -0.1) is 17.8 Å². The predicted octanol–water partition coefficient (Wildman–Crippen LogP) is 5.43. The molecule has 0 aliphatic heterocycles. The van der Waals surface area contributed by atoms with Crippen molar-refractivity contribution in [2.75, 3.05) is 0 Å². The minimum absolute atomic E-state index is 0.237. The number of Topliss-reactive ketones (excluding diaryl/α,β-unsaturated/α-hetero) is 1. The van der Waals surface area contributed by atoms with Crippen LogP contribution in [0.5, 0.6) is 0 Å². The molecule has 0 aliphatic carbocycles. The van der Waals surface area contributed by atoms with Crippen LogP contribution in [0.3, 0.4) is 0 Å². The Bertz CT molecular complexity index is 730. The van der Waals surface area contributed by atoms with Crippen LogP contribution in [0.2, 0.25) is 0 Å². The first-order chi connectivity index (χ1) is 10.5. The van der Waals surface area contributed by atoms with Crippen molar-refractivity contribution < 1.29 is 4.79 Å². The molecule has 0 amide bonds. The first-order valence-corrected chi connectivity index (χ1v) is 8.19. The van der Waals surface area contributed by atoms with Crippen molar-refractivity contribution in [3.05, 3.63) is 58.3 Å². The molecule has 1 nitrogen and oxygen atoms in total. The highest BCUT2D eigenvalue weighted by atomic mass is 32.1. The predicted molar refractivity (Wildman–Crippen MR) is 95.2 cm³/mol. The maximum Gasteiger partial charge on any atom is 0.137 e. The van der Waals surface area contributed by atoms with E-state index in [0.29, 0.717) is 12.8 Å². The molecule has 1 heterocycles. The fourth-order valence-corrected chi connectivity index (χ4v) is 3.38. The maximum absolute atomic E-state index is 11.9. The van der Waals surface area contributed by atoms with Crippen molar-refractivity contribution in [2.24, 2.45) is 0 Å². The van der Waals surface area contributed by atoms with Gasteiger partial charge in [0, 0.05) is 23.3 Å². The van der Waals surface area contributed by atoms with E-state index < -0.39 is 0 Å². The fraction of sp³-hybridized carbons (Fsp3) is 0.250. The number of rotatable bonds is 6. The third-order valence-electron chi connectivity index (χ3n) is 3.50. The number of carbonyl (C=O) groups excluding carboxylic acids is 1. The molecule has 0 unspecified atom stereocenters. The zero-order chi connectivity index (χ0) is 16.1. The molecule has 0 saturated heterocycles. The normalized spacial score (nSPS) is 11.7. The van der Waals surface area contributed by atoms with E-state index in [4.69, 9.17) is 6.42 Å². The van der Waals surface area contributed by atoms with Gasteiger partial charge in [-0.3, -0.25) is 4.79 Å². The Kier molecular flexibility index (Phi) is 5.35. The topological polar surface area (TPSA) is 17.1 Å². The summed E-state index contributed by atoms with van der Waals surface area (Å²) in [6, 6.07) is 10.1. The SMILES string of the molecule is C#Cc1cccc(-c2csc([C@H](C)CC(=O)CC(=C)C)c2)c1. The number of terminal acetylenes is 1. The van der Waals surface area contributed by atoms with Crippen molar-refractivity contribution in [1.82, 2.24) is 0 Å². The van der Waals surface area contributed by atoms with Crippen LogP contribution in [-0.2, 0) is 4.79 Å². The summed E-state index contributed by atoms with van der Waals surface area (Å²) in [6.45, 7) is 7.79. The zero-order valence-corrected chi connectivity index (χ0v) is 13.9. The first kappa shape index (κ1) is 16.3. The van der Waals surface area contributed by atoms with E-state index in [1.807, 2.05) is 25.1 Å².